The van der Waals surface area contributed by atoms with E-state index in [9.17, 15) is 5.26 Å². The molecule has 2 heterocycles. The van der Waals surface area contributed by atoms with Gasteiger partial charge in [-0.25, -0.2) is 4.99 Å². The normalized spacial score (nSPS) is 11.1. The molecule has 0 saturated carbocycles. The molecule has 3 aromatic carbocycles. The van der Waals surface area contributed by atoms with Gasteiger partial charge in [-0.1, -0.05) is 41.4 Å². The van der Waals surface area contributed by atoms with Crippen molar-refractivity contribution in [2.75, 3.05) is 14.2 Å². The van der Waals surface area contributed by atoms with Crippen LogP contribution < -0.4 is 9.47 Å². The molecule has 40 heavy (non-hydrogen) atoms. The van der Waals surface area contributed by atoms with Gasteiger partial charge in [-0.15, -0.1) is 0 Å². The highest BCUT2D eigenvalue weighted by molar-refractivity contribution is 6.43. The van der Waals surface area contributed by atoms with Gasteiger partial charge >= 0.3 is 0 Å². The second-order valence-electron chi connectivity index (χ2n) is 9.05. The van der Waals surface area contributed by atoms with Gasteiger partial charge in [0.15, 0.2) is 0 Å². The molecule has 0 aliphatic rings. The number of methoxy groups -OCH3 is 2. The van der Waals surface area contributed by atoms with E-state index < -0.39 is 0 Å². The van der Waals surface area contributed by atoms with E-state index in [0.717, 1.165) is 39.5 Å². The summed E-state index contributed by atoms with van der Waals surface area (Å²) in [5.41, 5.74) is 6.09. The van der Waals surface area contributed by atoms with Gasteiger partial charge < -0.3 is 18.5 Å². The topological polar surface area (TPSA) is 72.7 Å². The highest BCUT2D eigenvalue weighted by atomic mass is 35.5. The average Bonchev–Trinajstić information content (AvgIpc) is 3.49. The summed E-state index contributed by atoms with van der Waals surface area (Å²) in [7, 11) is 3.23. The van der Waals surface area contributed by atoms with Crippen LogP contribution >= 0.6 is 23.2 Å². The van der Waals surface area contributed by atoms with Crippen LogP contribution in [0.15, 0.2) is 82.2 Å². The van der Waals surface area contributed by atoms with Crippen LogP contribution in [0.4, 0.5) is 5.88 Å². The van der Waals surface area contributed by atoms with Crippen LogP contribution in [0.3, 0.4) is 0 Å². The van der Waals surface area contributed by atoms with Gasteiger partial charge in [0.1, 0.15) is 28.9 Å². The smallest absolute Gasteiger partial charge is 0.238 e. The average molecular weight is 570 g/mol. The summed E-state index contributed by atoms with van der Waals surface area (Å²) in [6, 6.07) is 24.8. The second kappa shape index (κ2) is 11.4. The van der Waals surface area contributed by atoms with Gasteiger partial charge in [0, 0.05) is 34.3 Å². The third-order valence-electron chi connectivity index (χ3n) is 6.70. The minimum absolute atomic E-state index is 0.213. The Morgan fingerprint density at radius 1 is 0.900 bits per heavy atom. The van der Waals surface area contributed by atoms with E-state index >= 15 is 0 Å². The number of nitriles is 1. The number of aryl methyl sites for hydroxylation is 1. The molecule has 5 aromatic rings. The van der Waals surface area contributed by atoms with Crippen molar-refractivity contribution in [3.63, 3.8) is 0 Å². The predicted octanol–water partition coefficient (Wildman–Crippen LogP) is 8.97. The van der Waals surface area contributed by atoms with E-state index in [1.807, 2.05) is 85.1 Å². The molecule has 0 bridgehead atoms. The molecule has 0 atom stereocenters. The minimum atomic E-state index is 0.213. The van der Waals surface area contributed by atoms with Crippen LogP contribution in [-0.4, -0.2) is 25.0 Å². The number of aliphatic imine (C=N–C) groups is 1. The third-order valence-corrected chi connectivity index (χ3v) is 7.50. The van der Waals surface area contributed by atoms with E-state index in [2.05, 4.69) is 11.1 Å². The van der Waals surface area contributed by atoms with Crippen LogP contribution in [0, 0.1) is 25.2 Å². The van der Waals surface area contributed by atoms with Crippen molar-refractivity contribution in [2.24, 2.45) is 4.99 Å². The molecule has 5 rings (SSSR count). The van der Waals surface area contributed by atoms with Crippen molar-refractivity contribution in [3.8, 4) is 45.7 Å². The lowest BCUT2D eigenvalue weighted by atomic mass is 9.98. The number of ether oxygens (including phenoxy) is 2. The maximum Gasteiger partial charge on any atom is 0.238 e. The number of halogens is 2. The van der Waals surface area contributed by atoms with Crippen LogP contribution in [0.2, 0.25) is 10.0 Å². The first kappa shape index (κ1) is 27.1. The number of furan rings is 1. The Labute approximate surface area is 242 Å². The molecule has 0 aliphatic heterocycles. The fraction of sp³-hybridized carbons (Fsp3) is 0.125. The molecule has 0 N–H and O–H groups in total. The SMILES string of the molecule is COc1ccc(-c2oc(N=Cc3cc(C)n(-c4cccc(Cl)c4Cl)c3C)c(C#N)c2-c2ccc(OC)cc2)cc1. The summed E-state index contributed by atoms with van der Waals surface area (Å²) < 4.78 is 18.9. The molecule has 0 radical (unpaired) electrons. The third kappa shape index (κ3) is 4.98. The van der Waals surface area contributed by atoms with Crippen molar-refractivity contribution in [1.29, 1.82) is 5.26 Å². The van der Waals surface area contributed by atoms with Gasteiger partial charge in [-0.3, -0.25) is 0 Å². The summed E-state index contributed by atoms with van der Waals surface area (Å²) in [6.07, 6.45) is 1.70. The molecular weight excluding hydrogens is 545 g/mol. The van der Waals surface area contributed by atoms with Crippen molar-refractivity contribution in [2.45, 2.75) is 13.8 Å². The summed E-state index contributed by atoms with van der Waals surface area (Å²) in [5.74, 6) is 2.18. The minimum Gasteiger partial charge on any atom is -0.497 e. The molecule has 0 aliphatic carbocycles. The van der Waals surface area contributed by atoms with E-state index in [-0.39, 0.29) is 5.88 Å². The zero-order valence-electron chi connectivity index (χ0n) is 22.3. The number of nitrogens with zero attached hydrogens (tertiary/aromatic N) is 3. The largest absolute Gasteiger partial charge is 0.497 e. The summed E-state index contributed by atoms with van der Waals surface area (Å²) in [6.45, 7) is 3.96. The van der Waals surface area contributed by atoms with E-state index in [0.29, 0.717) is 32.7 Å². The zero-order chi connectivity index (χ0) is 28.4. The highest BCUT2D eigenvalue weighted by Crippen LogP contribution is 2.43. The highest BCUT2D eigenvalue weighted by Gasteiger charge is 2.23. The quantitative estimate of drug-likeness (QED) is 0.183. The Hall–Kier alpha value is -4.44. The molecule has 200 valence electrons. The molecule has 6 nitrogen and oxygen atoms in total. The maximum atomic E-state index is 10.2. The van der Waals surface area contributed by atoms with Crippen LogP contribution in [-0.2, 0) is 0 Å². The van der Waals surface area contributed by atoms with Crippen LogP contribution in [0.25, 0.3) is 28.1 Å². The van der Waals surface area contributed by atoms with Crippen molar-refractivity contribution < 1.29 is 13.9 Å². The first-order valence-electron chi connectivity index (χ1n) is 12.4. The van der Waals surface area contributed by atoms with Crippen molar-refractivity contribution in [1.82, 2.24) is 4.57 Å². The first-order valence-corrected chi connectivity index (χ1v) is 13.1. The Kier molecular flexibility index (Phi) is 7.70. The Bertz CT molecular complexity index is 1760. The molecule has 0 fully saturated rings. The van der Waals surface area contributed by atoms with Gasteiger partial charge in [-0.2, -0.15) is 5.26 Å². The Morgan fingerprint density at radius 3 is 2.12 bits per heavy atom. The van der Waals surface area contributed by atoms with Crippen molar-refractivity contribution >= 4 is 35.3 Å². The molecule has 0 unspecified atom stereocenters. The number of hydrogen-bond acceptors (Lipinski definition) is 5. The summed E-state index contributed by atoms with van der Waals surface area (Å²) in [5, 5.41) is 11.2. The van der Waals surface area contributed by atoms with Gasteiger partial charge in [0.2, 0.25) is 5.88 Å². The van der Waals surface area contributed by atoms with Crippen LogP contribution in [0.5, 0.6) is 11.5 Å². The Balaban J connectivity index is 1.63. The molecule has 0 saturated heterocycles. The van der Waals surface area contributed by atoms with E-state index in [1.54, 1.807) is 26.5 Å². The number of rotatable bonds is 7. The zero-order valence-corrected chi connectivity index (χ0v) is 23.8. The van der Waals surface area contributed by atoms with Gasteiger partial charge in [0.25, 0.3) is 0 Å². The number of benzene rings is 3. The maximum absolute atomic E-state index is 10.2. The molecule has 0 amide bonds. The van der Waals surface area contributed by atoms with Crippen LogP contribution in [0.1, 0.15) is 22.5 Å². The van der Waals surface area contributed by atoms with E-state index in [1.165, 1.54) is 0 Å². The van der Waals surface area contributed by atoms with Gasteiger partial charge in [-0.05, 0) is 74.0 Å². The monoisotopic (exact) mass is 569 g/mol. The fourth-order valence-electron chi connectivity index (χ4n) is 4.67. The number of aromatic nitrogens is 1. The van der Waals surface area contributed by atoms with Crippen molar-refractivity contribution in [3.05, 3.63) is 105 Å². The molecule has 2 aromatic heterocycles. The second-order valence-corrected chi connectivity index (χ2v) is 9.83. The molecule has 0 spiro atoms. The lowest BCUT2D eigenvalue weighted by molar-refractivity contribution is 0.414. The predicted molar refractivity (Wildman–Crippen MR) is 160 cm³/mol. The lowest BCUT2D eigenvalue weighted by Crippen LogP contribution is -2.00. The fourth-order valence-corrected chi connectivity index (χ4v) is 5.05. The summed E-state index contributed by atoms with van der Waals surface area (Å²) in [4.78, 5) is 4.66. The Morgan fingerprint density at radius 2 is 1.52 bits per heavy atom. The lowest BCUT2D eigenvalue weighted by Gasteiger charge is -2.12. The number of hydrogen-bond donors (Lipinski definition) is 0. The molecule has 8 heteroatoms. The first-order chi connectivity index (χ1) is 19.4. The standard InChI is InChI=1S/C32H25Cl2N3O3/c1-19-16-23(20(2)37(19)28-7-5-6-27(33)30(28)34)18-36-32-26(17-35)29(21-8-12-24(38-3)13-9-21)31(40-32)22-10-14-25(39-4)15-11-22/h5-16,18H,1-4H3. The summed E-state index contributed by atoms with van der Waals surface area (Å²) >= 11 is 12.8. The van der Waals surface area contributed by atoms with E-state index in [4.69, 9.17) is 37.1 Å². The van der Waals surface area contributed by atoms with Gasteiger partial charge in [0.05, 0.1) is 30.0 Å². The molecular formula is C32H25Cl2N3O3.